The molecule has 1 heteroatoms. The van der Waals surface area contributed by atoms with Crippen LogP contribution in [0.25, 0.3) is 0 Å². The molecule has 1 nitrogen and oxygen atoms in total. The minimum Gasteiger partial charge on any atom is -0.299 e. The fourth-order valence-electron chi connectivity index (χ4n) is 2.30. The second kappa shape index (κ2) is 6.52. The molecule has 1 atom stereocenters. The van der Waals surface area contributed by atoms with Crippen LogP contribution in [0.5, 0.6) is 0 Å². The van der Waals surface area contributed by atoms with E-state index in [9.17, 15) is 0 Å². The smallest absolute Gasteiger partial charge is 0.0124 e. The molecule has 0 saturated heterocycles. The van der Waals surface area contributed by atoms with Crippen LogP contribution >= 0.6 is 0 Å². The van der Waals surface area contributed by atoms with E-state index in [1.54, 1.807) is 0 Å². The lowest BCUT2D eigenvalue weighted by Gasteiger charge is -2.41. The van der Waals surface area contributed by atoms with E-state index in [0.717, 1.165) is 5.92 Å². The molecular formula is C14H31N. The van der Waals surface area contributed by atoms with E-state index in [2.05, 4.69) is 53.5 Å². The molecular weight excluding hydrogens is 182 g/mol. The van der Waals surface area contributed by atoms with Gasteiger partial charge in [0, 0.05) is 11.6 Å². The van der Waals surface area contributed by atoms with Crippen LogP contribution in [0.4, 0.5) is 0 Å². The molecule has 0 aliphatic heterocycles. The van der Waals surface area contributed by atoms with Crippen LogP contribution in [-0.4, -0.2) is 23.5 Å². The summed E-state index contributed by atoms with van der Waals surface area (Å²) in [6.07, 6.45) is 5.37. The lowest BCUT2D eigenvalue weighted by atomic mass is 9.88. The Morgan fingerprint density at radius 3 is 1.67 bits per heavy atom. The second-order valence-corrected chi connectivity index (χ2v) is 5.86. The minimum absolute atomic E-state index is 0.291. The molecule has 0 aromatic heterocycles. The molecule has 0 aromatic carbocycles. The molecule has 0 fully saturated rings. The standard InChI is InChI=1S/C14H31N/c1-8-10-13(11-9-2)12(3)15(7)14(4,5)6/h12-13H,8-11H2,1-7H3. The van der Waals surface area contributed by atoms with Crippen molar-refractivity contribution >= 4 is 0 Å². The maximum Gasteiger partial charge on any atom is 0.0124 e. The summed E-state index contributed by atoms with van der Waals surface area (Å²) in [6, 6.07) is 0.699. The molecule has 0 aromatic rings. The topological polar surface area (TPSA) is 3.24 Å². The molecule has 0 heterocycles. The molecule has 0 radical (unpaired) electrons. The highest BCUT2D eigenvalue weighted by Gasteiger charge is 2.27. The van der Waals surface area contributed by atoms with Gasteiger partial charge < -0.3 is 0 Å². The molecule has 1 unspecified atom stereocenters. The summed E-state index contributed by atoms with van der Waals surface area (Å²) in [5.74, 6) is 0.865. The summed E-state index contributed by atoms with van der Waals surface area (Å²) in [4.78, 5) is 2.53. The average molecular weight is 213 g/mol. The van der Waals surface area contributed by atoms with Gasteiger partial charge in [0.1, 0.15) is 0 Å². The highest BCUT2D eigenvalue weighted by Crippen LogP contribution is 2.25. The molecule has 0 bridgehead atoms. The Kier molecular flexibility index (Phi) is 6.51. The zero-order valence-corrected chi connectivity index (χ0v) is 11.9. The molecule has 0 saturated carbocycles. The first-order valence-corrected chi connectivity index (χ1v) is 6.57. The van der Waals surface area contributed by atoms with E-state index in [-0.39, 0.29) is 0 Å². The minimum atomic E-state index is 0.291. The quantitative estimate of drug-likeness (QED) is 0.635. The Hall–Kier alpha value is -0.0400. The average Bonchev–Trinajstić information content (AvgIpc) is 2.14. The molecule has 15 heavy (non-hydrogen) atoms. The molecule has 0 aliphatic rings. The predicted octanol–water partition coefficient (Wildman–Crippen LogP) is 4.32. The number of hydrogen-bond acceptors (Lipinski definition) is 1. The van der Waals surface area contributed by atoms with E-state index in [0.29, 0.717) is 11.6 Å². The summed E-state index contributed by atoms with van der Waals surface area (Å²) >= 11 is 0. The van der Waals surface area contributed by atoms with Crippen molar-refractivity contribution in [2.45, 2.75) is 78.8 Å². The number of rotatable bonds is 6. The van der Waals surface area contributed by atoms with E-state index in [1.807, 2.05) is 0 Å². The van der Waals surface area contributed by atoms with Crippen molar-refractivity contribution < 1.29 is 0 Å². The lowest BCUT2D eigenvalue weighted by molar-refractivity contribution is 0.0815. The SMILES string of the molecule is CCCC(CCC)C(C)N(C)C(C)(C)C. The van der Waals surface area contributed by atoms with Crippen molar-refractivity contribution in [3.8, 4) is 0 Å². The zero-order valence-electron chi connectivity index (χ0n) is 11.9. The summed E-state index contributed by atoms with van der Waals surface area (Å²) < 4.78 is 0. The largest absolute Gasteiger partial charge is 0.299 e. The van der Waals surface area contributed by atoms with Crippen LogP contribution in [0.15, 0.2) is 0 Å². The second-order valence-electron chi connectivity index (χ2n) is 5.86. The maximum absolute atomic E-state index is 2.53. The highest BCUT2D eigenvalue weighted by atomic mass is 15.2. The number of hydrogen-bond donors (Lipinski definition) is 0. The fraction of sp³-hybridized carbons (Fsp3) is 1.00. The van der Waals surface area contributed by atoms with Crippen molar-refractivity contribution in [1.82, 2.24) is 4.90 Å². The maximum atomic E-state index is 2.53. The van der Waals surface area contributed by atoms with E-state index in [1.165, 1.54) is 25.7 Å². The van der Waals surface area contributed by atoms with E-state index in [4.69, 9.17) is 0 Å². The van der Waals surface area contributed by atoms with Gasteiger partial charge in [0.2, 0.25) is 0 Å². The Morgan fingerprint density at radius 1 is 1.00 bits per heavy atom. The molecule has 0 N–H and O–H groups in total. The third kappa shape index (κ3) is 5.01. The molecule has 0 amide bonds. The predicted molar refractivity (Wildman–Crippen MR) is 70.3 cm³/mol. The Labute approximate surface area is 97.2 Å². The zero-order chi connectivity index (χ0) is 12.1. The Balaban J connectivity index is 4.40. The third-order valence-corrected chi connectivity index (χ3v) is 3.67. The molecule has 92 valence electrons. The van der Waals surface area contributed by atoms with Crippen LogP contribution in [0.3, 0.4) is 0 Å². The van der Waals surface area contributed by atoms with E-state index >= 15 is 0 Å². The van der Waals surface area contributed by atoms with Crippen molar-refractivity contribution in [2.24, 2.45) is 5.92 Å². The first-order chi connectivity index (χ1) is 6.84. The van der Waals surface area contributed by atoms with Gasteiger partial charge >= 0.3 is 0 Å². The highest BCUT2D eigenvalue weighted by molar-refractivity contribution is 4.82. The Morgan fingerprint density at radius 2 is 1.40 bits per heavy atom. The van der Waals surface area contributed by atoms with Gasteiger partial charge in [0.25, 0.3) is 0 Å². The van der Waals surface area contributed by atoms with Gasteiger partial charge in [-0.2, -0.15) is 0 Å². The lowest BCUT2D eigenvalue weighted by Crippen LogP contribution is -2.47. The fourth-order valence-corrected chi connectivity index (χ4v) is 2.30. The molecule has 0 spiro atoms. The summed E-state index contributed by atoms with van der Waals surface area (Å²) in [5.41, 5.74) is 0.291. The van der Waals surface area contributed by atoms with Crippen LogP contribution < -0.4 is 0 Å². The molecule has 0 rings (SSSR count). The molecule has 0 aliphatic carbocycles. The van der Waals surface area contributed by atoms with Gasteiger partial charge in [-0.05, 0) is 53.5 Å². The van der Waals surface area contributed by atoms with Crippen LogP contribution in [0, 0.1) is 5.92 Å². The van der Waals surface area contributed by atoms with Crippen LogP contribution in [0.1, 0.15) is 67.2 Å². The number of nitrogens with zero attached hydrogens (tertiary/aromatic N) is 1. The monoisotopic (exact) mass is 213 g/mol. The van der Waals surface area contributed by atoms with Gasteiger partial charge in [0.05, 0.1) is 0 Å². The van der Waals surface area contributed by atoms with Crippen LogP contribution in [-0.2, 0) is 0 Å². The van der Waals surface area contributed by atoms with Crippen molar-refractivity contribution in [3.63, 3.8) is 0 Å². The van der Waals surface area contributed by atoms with Crippen molar-refractivity contribution in [1.29, 1.82) is 0 Å². The van der Waals surface area contributed by atoms with Gasteiger partial charge in [-0.25, -0.2) is 0 Å². The summed E-state index contributed by atoms with van der Waals surface area (Å²) in [6.45, 7) is 13.9. The van der Waals surface area contributed by atoms with Crippen molar-refractivity contribution in [2.75, 3.05) is 7.05 Å². The normalized spacial score (nSPS) is 15.0. The summed E-state index contributed by atoms with van der Waals surface area (Å²) in [5, 5.41) is 0. The first-order valence-electron chi connectivity index (χ1n) is 6.57. The van der Waals surface area contributed by atoms with Crippen LogP contribution in [0.2, 0.25) is 0 Å². The van der Waals surface area contributed by atoms with Crippen molar-refractivity contribution in [3.05, 3.63) is 0 Å². The van der Waals surface area contributed by atoms with Gasteiger partial charge in [-0.15, -0.1) is 0 Å². The van der Waals surface area contributed by atoms with E-state index < -0.39 is 0 Å². The van der Waals surface area contributed by atoms with Gasteiger partial charge in [-0.3, -0.25) is 4.90 Å². The first kappa shape index (κ1) is 15.0. The Bertz CT molecular complexity index is 151. The van der Waals surface area contributed by atoms with Gasteiger partial charge in [-0.1, -0.05) is 26.7 Å². The third-order valence-electron chi connectivity index (χ3n) is 3.67. The van der Waals surface area contributed by atoms with Gasteiger partial charge in [0.15, 0.2) is 0 Å². The summed E-state index contributed by atoms with van der Waals surface area (Å²) in [7, 11) is 2.27.